The highest BCUT2D eigenvalue weighted by Crippen LogP contribution is 2.13. The third kappa shape index (κ3) is 2.74. The normalized spacial score (nSPS) is 10.8. The number of benzene rings is 1. The minimum Gasteiger partial charge on any atom is -0.345 e. The predicted molar refractivity (Wildman–Crippen MR) is 88.2 cm³/mol. The van der Waals surface area contributed by atoms with Crippen LogP contribution in [0.2, 0.25) is 0 Å². The van der Waals surface area contributed by atoms with Gasteiger partial charge in [0.05, 0.1) is 12.1 Å². The molecule has 2 N–H and O–H groups in total. The Morgan fingerprint density at radius 2 is 2.04 bits per heavy atom. The first-order valence-electron chi connectivity index (χ1n) is 7.47. The number of nitrogens with zero attached hydrogens (tertiary/aromatic N) is 4. The lowest BCUT2D eigenvalue weighted by Gasteiger charge is -2.03. The molecular weight excluding hydrogens is 304 g/mol. The summed E-state index contributed by atoms with van der Waals surface area (Å²) in [6.07, 6.45) is 5.23. The molecule has 3 aromatic heterocycles. The Morgan fingerprint density at radius 1 is 1.17 bits per heavy atom. The van der Waals surface area contributed by atoms with Crippen molar-refractivity contribution in [2.45, 2.75) is 6.54 Å². The van der Waals surface area contributed by atoms with Gasteiger partial charge in [-0.2, -0.15) is 5.10 Å². The van der Waals surface area contributed by atoms with Crippen LogP contribution in [0, 0.1) is 0 Å². The number of amides is 1. The highest BCUT2D eigenvalue weighted by molar-refractivity contribution is 5.94. The number of hydrogen-bond donors (Lipinski definition) is 2. The van der Waals surface area contributed by atoms with E-state index in [0.29, 0.717) is 17.2 Å². The molecule has 0 fully saturated rings. The Hall–Kier alpha value is -3.48. The average molecular weight is 318 g/mol. The van der Waals surface area contributed by atoms with Crippen molar-refractivity contribution in [3.05, 3.63) is 72.4 Å². The number of rotatable bonds is 4. The molecular formula is C17H14N6O. The van der Waals surface area contributed by atoms with Gasteiger partial charge in [0, 0.05) is 24.2 Å². The molecule has 0 saturated carbocycles. The molecule has 0 radical (unpaired) electrons. The molecule has 24 heavy (non-hydrogen) atoms. The zero-order valence-electron chi connectivity index (χ0n) is 12.7. The molecule has 1 aromatic carbocycles. The van der Waals surface area contributed by atoms with Gasteiger partial charge in [-0.1, -0.05) is 30.3 Å². The fraction of sp³-hybridized carbons (Fsp3) is 0.0588. The number of carbonyl (C=O) groups excluding carboxylic acids is 1. The molecule has 3 heterocycles. The smallest absolute Gasteiger partial charge is 0.253 e. The highest BCUT2D eigenvalue weighted by atomic mass is 16.1. The van der Waals surface area contributed by atoms with Crippen molar-refractivity contribution in [3.8, 4) is 11.4 Å². The summed E-state index contributed by atoms with van der Waals surface area (Å²) in [5.41, 5.74) is 2.29. The molecule has 0 aliphatic heterocycles. The molecule has 4 aromatic rings. The van der Waals surface area contributed by atoms with E-state index in [-0.39, 0.29) is 12.5 Å². The number of hydrogen-bond acceptors (Lipinski definition) is 4. The van der Waals surface area contributed by atoms with Crippen LogP contribution in [0.4, 0.5) is 0 Å². The lowest BCUT2D eigenvalue weighted by molar-refractivity contribution is 0.0949. The summed E-state index contributed by atoms with van der Waals surface area (Å²) < 4.78 is 1.80. The quantitative estimate of drug-likeness (QED) is 0.603. The number of aromatic nitrogens is 5. The summed E-state index contributed by atoms with van der Waals surface area (Å²) >= 11 is 0. The lowest BCUT2D eigenvalue weighted by atomic mass is 10.2. The number of imidazole rings is 1. The van der Waals surface area contributed by atoms with E-state index in [9.17, 15) is 4.79 Å². The van der Waals surface area contributed by atoms with E-state index in [2.05, 4.69) is 25.5 Å². The van der Waals surface area contributed by atoms with Gasteiger partial charge in [0.2, 0.25) is 0 Å². The van der Waals surface area contributed by atoms with Crippen LogP contribution in [0.25, 0.3) is 17.0 Å². The third-order valence-electron chi connectivity index (χ3n) is 3.63. The van der Waals surface area contributed by atoms with Crippen LogP contribution in [-0.2, 0) is 6.54 Å². The lowest BCUT2D eigenvalue weighted by Crippen LogP contribution is -2.23. The second kappa shape index (κ2) is 5.96. The van der Waals surface area contributed by atoms with Gasteiger partial charge in [-0.15, -0.1) is 0 Å². The second-order valence-electron chi connectivity index (χ2n) is 5.26. The second-order valence-corrected chi connectivity index (χ2v) is 5.26. The van der Waals surface area contributed by atoms with Crippen molar-refractivity contribution in [2.75, 3.05) is 0 Å². The summed E-state index contributed by atoms with van der Waals surface area (Å²) in [7, 11) is 0. The molecule has 4 rings (SSSR count). The zero-order chi connectivity index (χ0) is 16.4. The summed E-state index contributed by atoms with van der Waals surface area (Å²) in [6, 6.07) is 13.2. The first-order valence-corrected chi connectivity index (χ1v) is 7.47. The first-order chi connectivity index (χ1) is 11.8. The van der Waals surface area contributed by atoms with E-state index >= 15 is 0 Å². The van der Waals surface area contributed by atoms with Gasteiger partial charge in [-0.3, -0.25) is 9.89 Å². The molecule has 0 aliphatic carbocycles. The van der Waals surface area contributed by atoms with E-state index in [1.54, 1.807) is 35.1 Å². The first kappa shape index (κ1) is 14.1. The van der Waals surface area contributed by atoms with Crippen molar-refractivity contribution in [1.29, 1.82) is 0 Å². The molecule has 0 spiro atoms. The van der Waals surface area contributed by atoms with E-state index in [1.807, 2.05) is 30.3 Å². The van der Waals surface area contributed by atoms with Gasteiger partial charge in [-0.25, -0.2) is 9.97 Å². The summed E-state index contributed by atoms with van der Waals surface area (Å²) in [5, 5.41) is 9.85. The van der Waals surface area contributed by atoms with Crippen LogP contribution in [0.5, 0.6) is 0 Å². The minimum absolute atomic E-state index is 0.178. The number of nitrogens with one attached hydrogen (secondary N) is 2. The maximum atomic E-state index is 12.3. The number of fused-ring (bicyclic) bond motifs is 1. The molecule has 118 valence electrons. The number of H-pyrrole nitrogens is 1. The minimum atomic E-state index is -0.178. The number of aromatic amines is 1. The fourth-order valence-corrected chi connectivity index (χ4v) is 2.41. The molecule has 1 amide bonds. The van der Waals surface area contributed by atoms with Crippen molar-refractivity contribution in [1.82, 2.24) is 29.9 Å². The predicted octanol–water partition coefficient (Wildman–Crippen LogP) is 2.05. The Bertz CT molecular complexity index is 988. The van der Waals surface area contributed by atoms with Gasteiger partial charge >= 0.3 is 0 Å². The van der Waals surface area contributed by atoms with Crippen LogP contribution in [0.3, 0.4) is 0 Å². The zero-order valence-corrected chi connectivity index (χ0v) is 12.7. The van der Waals surface area contributed by atoms with Crippen LogP contribution in [-0.4, -0.2) is 30.5 Å². The van der Waals surface area contributed by atoms with Crippen LogP contribution >= 0.6 is 0 Å². The largest absolute Gasteiger partial charge is 0.345 e. The van der Waals surface area contributed by atoms with Crippen LogP contribution < -0.4 is 5.32 Å². The molecule has 0 aliphatic rings. The van der Waals surface area contributed by atoms with Gasteiger partial charge < -0.3 is 9.72 Å². The van der Waals surface area contributed by atoms with Gasteiger partial charge in [0.15, 0.2) is 5.82 Å². The number of carbonyl (C=O) groups is 1. The monoisotopic (exact) mass is 318 g/mol. The molecule has 0 bridgehead atoms. The molecule has 7 nitrogen and oxygen atoms in total. The summed E-state index contributed by atoms with van der Waals surface area (Å²) in [6.45, 7) is 0.278. The van der Waals surface area contributed by atoms with Crippen molar-refractivity contribution >= 4 is 11.6 Å². The molecule has 0 unspecified atom stereocenters. The van der Waals surface area contributed by atoms with E-state index in [1.165, 1.54) is 0 Å². The van der Waals surface area contributed by atoms with Gasteiger partial charge in [-0.05, 0) is 12.1 Å². The van der Waals surface area contributed by atoms with Crippen molar-refractivity contribution in [2.24, 2.45) is 0 Å². The van der Waals surface area contributed by atoms with E-state index in [4.69, 9.17) is 0 Å². The van der Waals surface area contributed by atoms with Gasteiger partial charge in [0.1, 0.15) is 11.5 Å². The van der Waals surface area contributed by atoms with Crippen molar-refractivity contribution in [3.63, 3.8) is 0 Å². The Balaban J connectivity index is 1.45. The fourth-order valence-electron chi connectivity index (χ4n) is 2.41. The topological polar surface area (TPSA) is 88.0 Å². The SMILES string of the molecule is O=C(NCc1nc(-c2ccccc2)n[nH]1)c1ccc2nccn2c1. The summed E-state index contributed by atoms with van der Waals surface area (Å²) in [4.78, 5) is 20.8. The van der Waals surface area contributed by atoms with Crippen LogP contribution in [0.15, 0.2) is 61.1 Å². The Labute approximate surface area is 137 Å². The summed E-state index contributed by atoms with van der Waals surface area (Å²) in [5.74, 6) is 1.04. The van der Waals surface area contributed by atoms with Crippen molar-refractivity contribution < 1.29 is 4.79 Å². The maximum absolute atomic E-state index is 12.3. The Kier molecular flexibility index (Phi) is 3.51. The molecule has 0 saturated heterocycles. The third-order valence-corrected chi connectivity index (χ3v) is 3.63. The number of pyridine rings is 1. The Morgan fingerprint density at radius 3 is 2.92 bits per heavy atom. The maximum Gasteiger partial charge on any atom is 0.253 e. The standard InChI is InChI=1S/C17H14N6O/c24-17(13-6-7-15-18-8-9-23(15)11-13)19-10-14-20-16(22-21-14)12-4-2-1-3-5-12/h1-9,11H,10H2,(H,19,24)(H,20,21,22). The average Bonchev–Trinajstić information content (AvgIpc) is 3.29. The van der Waals surface area contributed by atoms with E-state index in [0.717, 1.165) is 11.2 Å². The van der Waals surface area contributed by atoms with Crippen LogP contribution in [0.1, 0.15) is 16.2 Å². The van der Waals surface area contributed by atoms with E-state index < -0.39 is 0 Å². The molecule has 0 atom stereocenters. The highest BCUT2D eigenvalue weighted by Gasteiger charge is 2.09. The van der Waals surface area contributed by atoms with Gasteiger partial charge in [0.25, 0.3) is 5.91 Å². The molecule has 7 heteroatoms.